The van der Waals surface area contributed by atoms with Crippen LogP contribution in [0.4, 0.5) is 0 Å². The standard InChI is InChI=1S/C31H38N2O2S/c1-5-25(4)32-31(35)29(19-26-12-7-6-8-13-26)33(20-27-17-15-23(2)16-18-27)30(34)22-36-21-28-14-10-9-11-24(28)3/h6-18,25,29H,5,19-22H2,1-4H3,(H,32,35)/t25-,29-/m1/s1. The number of hydrogen-bond acceptors (Lipinski definition) is 3. The Bertz CT molecular complexity index is 1110. The second-order valence-electron chi connectivity index (χ2n) is 9.45. The molecule has 0 spiro atoms. The van der Waals surface area contributed by atoms with E-state index < -0.39 is 6.04 Å². The van der Waals surface area contributed by atoms with Crippen LogP contribution in [-0.4, -0.2) is 34.6 Å². The number of rotatable bonds is 12. The van der Waals surface area contributed by atoms with Gasteiger partial charge in [-0.25, -0.2) is 0 Å². The summed E-state index contributed by atoms with van der Waals surface area (Å²) in [5.41, 5.74) is 5.68. The molecule has 3 aromatic rings. The lowest BCUT2D eigenvalue weighted by Crippen LogP contribution is -2.52. The fourth-order valence-corrected chi connectivity index (χ4v) is 4.97. The molecule has 0 aliphatic heterocycles. The molecule has 0 aliphatic rings. The highest BCUT2D eigenvalue weighted by molar-refractivity contribution is 7.99. The second-order valence-corrected chi connectivity index (χ2v) is 10.4. The number of carbonyl (C=O) groups excluding carboxylic acids is 2. The van der Waals surface area contributed by atoms with Gasteiger partial charge in [-0.3, -0.25) is 9.59 Å². The van der Waals surface area contributed by atoms with Crippen molar-refractivity contribution in [3.05, 3.63) is 107 Å². The van der Waals surface area contributed by atoms with Crippen LogP contribution < -0.4 is 5.32 Å². The predicted molar refractivity (Wildman–Crippen MR) is 151 cm³/mol. The van der Waals surface area contributed by atoms with E-state index >= 15 is 0 Å². The zero-order valence-electron chi connectivity index (χ0n) is 21.9. The van der Waals surface area contributed by atoms with E-state index in [9.17, 15) is 9.59 Å². The molecule has 3 rings (SSSR count). The van der Waals surface area contributed by atoms with E-state index in [4.69, 9.17) is 0 Å². The van der Waals surface area contributed by atoms with Crippen molar-refractivity contribution in [2.24, 2.45) is 0 Å². The Balaban J connectivity index is 1.85. The van der Waals surface area contributed by atoms with Crippen LogP contribution in [-0.2, 0) is 28.3 Å². The number of aryl methyl sites for hydroxylation is 2. The molecule has 4 nitrogen and oxygen atoms in total. The van der Waals surface area contributed by atoms with Gasteiger partial charge >= 0.3 is 0 Å². The van der Waals surface area contributed by atoms with Gasteiger partial charge in [0.15, 0.2) is 0 Å². The van der Waals surface area contributed by atoms with Crippen molar-refractivity contribution in [2.45, 2.75) is 64.9 Å². The van der Waals surface area contributed by atoms with Gasteiger partial charge in [0, 0.05) is 24.8 Å². The third-order valence-electron chi connectivity index (χ3n) is 6.49. The van der Waals surface area contributed by atoms with Crippen molar-refractivity contribution in [1.82, 2.24) is 10.2 Å². The summed E-state index contributed by atoms with van der Waals surface area (Å²) in [6.45, 7) is 8.59. The molecule has 0 unspecified atom stereocenters. The molecular weight excluding hydrogens is 464 g/mol. The molecule has 0 radical (unpaired) electrons. The first-order valence-electron chi connectivity index (χ1n) is 12.7. The average molecular weight is 503 g/mol. The number of carbonyl (C=O) groups is 2. The van der Waals surface area contributed by atoms with Gasteiger partial charge in [-0.15, -0.1) is 11.8 Å². The second kappa shape index (κ2) is 13.9. The first-order chi connectivity index (χ1) is 17.4. The number of nitrogens with one attached hydrogen (secondary N) is 1. The van der Waals surface area contributed by atoms with E-state index in [1.165, 1.54) is 16.7 Å². The van der Waals surface area contributed by atoms with E-state index in [2.05, 4.69) is 43.4 Å². The smallest absolute Gasteiger partial charge is 0.243 e. The Hall–Kier alpha value is -3.05. The van der Waals surface area contributed by atoms with Crippen LogP contribution in [0.1, 0.15) is 48.1 Å². The van der Waals surface area contributed by atoms with Crippen LogP contribution in [0.25, 0.3) is 0 Å². The summed E-state index contributed by atoms with van der Waals surface area (Å²) in [5.74, 6) is 0.966. The molecule has 190 valence electrons. The van der Waals surface area contributed by atoms with Crippen molar-refractivity contribution in [3.63, 3.8) is 0 Å². The van der Waals surface area contributed by atoms with Gasteiger partial charge in [-0.1, -0.05) is 91.3 Å². The van der Waals surface area contributed by atoms with Crippen molar-refractivity contribution >= 4 is 23.6 Å². The van der Waals surface area contributed by atoms with E-state index in [0.29, 0.717) is 18.7 Å². The molecular formula is C31H38N2O2S. The molecule has 2 amide bonds. The third-order valence-corrected chi connectivity index (χ3v) is 7.46. The van der Waals surface area contributed by atoms with Crippen LogP contribution in [0.2, 0.25) is 0 Å². The van der Waals surface area contributed by atoms with Gasteiger partial charge in [0.1, 0.15) is 6.04 Å². The summed E-state index contributed by atoms with van der Waals surface area (Å²) in [4.78, 5) is 29.0. The number of thioether (sulfide) groups is 1. The maximum Gasteiger partial charge on any atom is 0.243 e. The van der Waals surface area contributed by atoms with Crippen molar-refractivity contribution in [2.75, 3.05) is 5.75 Å². The Labute approximate surface area is 220 Å². The molecule has 2 atom stereocenters. The molecule has 0 saturated carbocycles. The molecule has 0 saturated heterocycles. The molecule has 1 N–H and O–H groups in total. The van der Waals surface area contributed by atoms with E-state index in [1.54, 1.807) is 16.7 Å². The highest BCUT2D eigenvalue weighted by atomic mass is 32.2. The maximum absolute atomic E-state index is 13.7. The highest BCUT2D eigenvalue weighted by Gasteiger charge is 2.30. The number of nitrogens with zero attached hydrogens (tertiary/aromatic N) is 1. The fraction of sp³-hybridized carbons (Fsp3) is 0.355. The Kier molecular flexibility index (Phi) is 10.6. The monoisotopic (exact) mass is 502 g/mol. The van der Waals surface area contributed by atoms with Gasteiger partial charge in [0.2, 0.25) is 11.8 Å². The summed E-state index contributed by atoms with van der Waals surface area (Å²) in [6, 6.07) is 25.9. The number of benzene rings is 3. The zero-order chi connectivity index (χ0) is 25.9. The summed E-state index contributed by atoms with van der Waals surface area (Å²) in [6.07, 6.45) is 1.31. The minimum Gasteiger partial charge on any atom is -0.352 e. The number of amides is 2. The SMILES string of the molecule is CC[C@@H](C)NC(=O)[C@@H](Cc1ccccc1)N(Cc1ccc(C)cc1)C(=O)CSCc1ccccc1C. The lowest BCUT2D eigenvalue weighted by molar-refractivity contribution is -0.139. The van der Waals surface area contributed by atoms with E-state index in [0.717, 1.165) is 23.3 Å². The lowest BCUT2D eigenvalue weighted by Gasteiger charge is -2.32. The van der Waals surface area contributed by atoms with Crippen LogP contribution in [0, 0.1) is 13.8 Å². The van der Waals surface area contributed by atoms with Gasteiger partial charge in [-0.05, 0) is 49.4 Å². The van der Waals surface area contributed by atoms with Gasteiger partial charge in [-0.2, -0.15) is 0 Å². The Morgan fingerprint density at radius 1 is 0.889 bits per heavy atom. The summed E-state index contributed by atoms with van der Waals surface area (Å²) < 4.78 is 0. The van der Waals surface area contributed by atoms with Gasteiger partial charge in [0.25, 0.3) is 0 Å². The van der Waals surface area contributed by atoms with Crippen LogP contribution in [0.3, 0.4) is 0 Å². The van der Waals surface area contributed by atoms with Crippen LogP contribution in [0.5, 0.6) is 0 Å². The normalized spacial score (nSPS) is 12.6. The molecule has 0 bridgehead atoms. The van der Waals surface area contributed by atoms with E-state index in [1.807, 2.05) is 68.4 Å². The Morgan fingerprint density at radius 3 is 2.22 bits per heavy atom. The quantitative estimate of drug-likeness (QED) is 0.326. The minimum atomic E-state index is -0.589. The molecule has 0 aliphatic carbocycles. The molecule has 0 heterocycles. The van der Waals surface area contributed by atoms with Gasteiger partial charge < -0.3 is 10.2 Å². The maximum atomic E-state index is 13.7. The average Bonchev–Trinajstić information content (AvgIpc) is 2.88. The lowest BCUT2D eigenvalue weighted by atomic mass is 10.0. The molecule has 3 aromatic carbocycles. The Morgan fingerprint density at radius 2 is 1.56 bits per heavy atom. The topological polar surface area (TPSA) is 49.4 Å². The van der Waals surface area contributed by atoms with Crippen molar-refractivity contribution in [3.8, 4) is 0 Å². The highest BCUT2D eigenvalue weighted by Crippen LogP contribution is 2.20. The summed E-state index contributed by atoms with van der Waals surface area (Å²) >= 11 is 1.60. The first kappa shape index (κ1) is 27.5. The predicted octanol–water partition coefficient (Wildman–Crippen LogP) is 6.09. The number of hydrogen-bond donors (Lipinski definition) is 1. The molecule has 0 fully saturated rings. The molecule has 5 heteroatoms. The summed E-state index contributed by atoms with van der Waals surface area (Å²) in [7, 11) is 0. The fourth-order valence-electron chi connectivity index (χ4n) is 3.99. The summed E-state index contributed by atoms with van der Waals surface area (Å²) in [5, 5.41) is 3.13. The molecule has 36 heavy (non-hydrogen) atoms. The van der Waals surface area contributed by atoms with Crippen LogP contribution >= 0.6 is 11.8 Å². The minimum absolute atomic E-state index is 0.0191. The first-order valence-corrected chi connectivity index (χ1v) is 13.8. The van der Waals surface area contributed by atoms with Crippen molar-refractivity contribution in [1.29, 1.82) is 0 Å². The molecule has 0 aromatic heterocycles. The van der Waals surface area contributed by atoms with Crippen LogP contribution in [0.15, 0.2) is 78.9 Å². The van der Waals surface area contributed by atoms with Crippen molar-refractivity contribution < 1.29 is 9.59 Å². The van der Waals surface area contributed by atoms with E-state index in [-0.39, 0.29) is 17.9 Å². The zero-order valence-corrected chi connectivity index (χ0v) is 22.7. The third kappa shape index (κ3) is 8.27. The largest absolute Gasteiger partial charge is 0.352 e. The van der Waals surface area contributed by atoms with Gasteiger partial charge in [0.05, 0.1) is 5.75 Å².